The van der Waals surface area contributed by atoms with Gasteiger partial charge in [-0.1, -0.05) is 13.0 Å². The molecular weight excluding hydrogens is 244 g/mol. The highest BCUT2D eigenvalue weighted by atomic mass is 16.5. The largest absolute Gasteiger partial charge is 0.463 e. The molecule has 0 heterocycles. The van der Waals surface area contributed by atoms with Gasteiger partial charge < -0.3 is 9.47 Å². The molecule has 0 aromatic heterocycles. The molecule has 0 saturated heterocycles. The van der Waals surface area contributed by atoms with Crippen molar-refractivity contribution in [1.82, 2.24) is 0 Å². The molecule has 0 spiro atoms. The van der Waals surface area contributed by atoms with E-state index in [1.807, 2.05) is 26.8 Å². The highest BCUT2D eigenvalue weighted by Gasteiger charge is 2.03. The third-order valence-corrected chi connectivity index (χ3v) is 2.22. The number of carbonyl (C=O) groups excluding carboxylic acids is 2. The van der Waals surface area contributed by atoms with Gasteiger partial charge in [-0.05, 0) is 43.5 Å². The van der Waals surface area contributed by atoms with Crippen LogP contribution in [0, 0.1) is 13.8 Å². The first-order valence-corrected chi connectivity index (χ1v) is 6.16. The van der Waals surface area contributed by atoms with E-state index in [1.54, 1.807) is 12.1 Å². The molecule has 0 fully saturated rings. The number of rotatable bonds is 5. The third-order valence-electron chi connectivity index (χ3n) is 2.22. The standard InChI is InChI=1S/C15H18O4/c1-4-7-18-14(16)5-6-15(17)19-13-9-11(2)8-12(3)10-13/h5-6,8-10H,4,7H2,1-3H3/b6-5+. The Hall–Kier alpha value is -2.10. The Bertz CT molecular complexity index is 469. The van der Waals surface area contributed by atoms with Crippen molar-refractivity contribution in [3.8, 4) is 5.75 Å². The summed E-state index contributed by atoms with van der Waals surface area (Å²) in [4.78, 5) is 22.6. The van der Waals surface area contributed by atoms with Gasteiger partial charge in [-0.25, -0.2) is 9.59 Å². The zero-order chi connectivity index (χ0) is 14.3. The minimum absolute atomic E-state index is 0.343. The molecule has 0 atom stereocenters. The topological polar surface area (TPSA) is 52.6 Å². The molecule has 0 N–H and O–H groups in total. The monoisotopic (exact) mass is 262 g/mol. The van der Waals surface area contributed by atoms with Crippen molar-refractivity contribution in [2.75, 3.05) is 6.61 Å². The van der Waals surface area contributed by atoms with Crippen LogP contribution >= 0.6 is 0 Å². The summed E-state index contributed by atoms with van der Waals surface area (Å²) >= 11 is 0. The first-order chi connectivity index (χ1) is 9.01. The molecule has 0 saturated carbocycles. The van der Waals surface area contributed by atoms with Gasteiger partial charge in [0, 0.05) is 12.2 Å². The summed E-state index contributed by atoms with van der Waals surface area (Å²) in [6, 6.07) is 5.50. The van der Waals surface area contributed by atoms with E-state index in [0.29, 0.717) is 12.4 Å². The second-order valence-electron chi connectivity index (χ2n) is 4.25. The molecule has 0 aliphatic rings. The zero-order valence-electron chi connectivity index (χ0n) is 11.4. The van der Waals surface area contributed by atoms with Gasteiger partial charge in [0.1, 0.15) is 5.75 Å². The van der Waals surface area contributed by atoms with E-state index in [0.717, 1.165) is 29.7 Å². The van der Waals surface area contributed by atoms with Crippen molar-refractivity contribution >= 4 is 11.9 Å². The van der Waals surface area contributed by atoms with Crippen LogP contribution in [0.1, 0.15) is 24.5 Å². The van der Waals surface area contributed by atoms with Gasteiger partial charge in [0.2, 0.25) is 0 Å². The van der Waals surface area contributed by atoms with E-state index in [-0.39, 0.29) is 0 Å². The number of esters is 2. The number of ether oxygens (including phenoxy) is 2. The van der Waals surface area contributed by atoms with Crippen molar-refractivity contribution in [2.45, 2.75) is 27.2 Å². The van der Waals surface area contributed by atoms with Crippen LogP contribution in [0.15, 0.2) is 30.4 Å². The number of aryl methyl sites for hydroxylation is 2. The fourth-order valence-electron chi connectivity index (χ4n) is 1.53. The lowest BCUT2D eigenvalue weighted by Crippen LogP contribution is -2.07. The second kappa shape index (κ2) is 7.36. The molecule has 0 bridgehead atoms. The Labute approximate surface area is 113 Å². The van der Waals surface area contributed by atoms with Gasteiger partial charge in [0.05, 0.1) is 6.61 Å². The summed E-state index contributed by atoms with van der Waals surface area (Å²) < 4.78 is 9.89. The molecule has 19 heavy (non-hydrogen) atoms. The maximum Gasteiger partial charge on any atom is 0.336 e. The normalized spacial score (nSPS) is 10.5. The first kappa shape index (κ1) is 15.0. The predicted molar refractivity (Wildman–Crippen MR) is 71.9 cm³/mol. The van der Waals surface area contributed by atoms with Crippen molar-refractivity contribution in [3.05, 3.63) is 41.5 Å². The summed E-state index contributed by atoms with van der Waals surface area (Å²) in [5, 5.41) is 0. The molecule has 1 aromatic carbocycles. The Morgan fingerprint density at radius 1 is 1.05 bits per heavy atom. The molecule has 1 aromatic rings. The zero-order valence-corrected chi connectivity index (χ0v) is 11.4. The molecular formula is C15H18O4. The second-order valence-corrected chi connectivity index (χ2v) is 4.25. The first-order valence-electron chi connectivity index (χ1n) is 6.16. The summed E-state index contributed by atoms with van der Waals surface area (Å²) in [6.07, 6.45) is 2.88. The maximum absolute atomic E-state index is 11.5. The van der Waals surface area contributed by atoms with E-state index in [2.05, 4.69) is 0 Å². The molecule has 0 amide bonds. The fourth-order valence-corrected chi connectivity index (χ4v) is 1.53. The average Bonchev–Trinajstić information content (AvgIpc) is 2.32. The van der Waals surface area contributed by atoms with Crippen molar-refractivity contribution in [3.63, 3.8) is 0 Å². The van der Waals surface area contributed by atoms with Crippen LogP contribution < -0.4 is 4.74 Å². The van der Waals surface area contributed by atoms with Crippen LogP contribution in [0.5, 0.6) is 5.75 Å². The molecule has 0 aliphatic carbocycles. The number of carbonyl (C=O) groups is 2. The van der Waals surface area contributed by atoms with Crippen LogP contribution in [-0.4, -0.2) is 18.5 Å². The SMILES string of the molecule is CCCOC(=O)/C=C/C(=O)Oc1cc(C)cc(C)c1. The van der Waals surface area contributed by atoms with Gasteiger partial charge in [-0.2, -0.15) is 0 Å². The van der Waals surface area contributed by atoms with E-state index in [4.69, 9.17) is 9.47 Å². The third kappa shape index (κ3) is 5.86. The van der Waals surface area contributed by atoms with Crippen LogP contribution in [0.4, 0.5) is 0 Å². The van der Waals surface area contributed by atoms with Gasteiger partial charge >= 0.3 is 11.9 Å². The minimum Gasteiger partial charge on any atom is -0.463 e. The van der Waals surface area contributed by atoms with E-state index in [1.165, 1.54) is 0 Å². The lowest BCUT2D eigenvalue weighted by atomic mass is 10.1. The molecule has 4 heteroatoms. The lowest BCUT2D eigenvalue weighted by Gasteiger charge is -2.04. The number of hydrogen-bond acceptors (Lipinski definition) is 4. The molecule has 0 unspecified atom stereocenters. The summed E-state index contributed by atoms with van der Waals surface area (Å²) in [6.45, 7) is 6.07. The van der Waals surface area contributed by atoms with Crippen LogP contribution in [0.2, 0.25) is 0 Å². The van der Waals surface area contributed by atoms with Crippen molar-refractivity contribution < 1.29 is 19.1 Å². The molecule has 1 rings (SSSR count). The van der Waals surface area contributed by atoms with Crippen LogP contribution in [0.3, 0.4) is 0 Å². The quantitative estimate of drug-likeness (QED) is 0.465. The van der Waals surface area contributed by atoms with E-state index in [9.17, 15) is 9.59 Å². The fraction of sp³-hybridized carbons (Fsp3) is 0.333. The van der Waals surface area contributed by atoms with Crippen molar-refractivity contribution in [1.29, 1.82) is 0 Å². The molecule has 4 nitrogen and oxygen atoms in total. The molecule has 0 radical (unpaired) electrons. The molecule has 102 valence electrons. The highest BCUT2D eigenvalue weighted by Crippen LogP contribution is 2.16. The predicted octanol–water partition coefficient (Wildman–Crippen LogP) is 2.72. The average molecular weight is 262 g/mol. The van der Waals surface area contributed by atoms with E-state index >= 15 is 0 Å². The molecule has 0 aliphatic heterocycles. The van der Waals surface area contributed by atoms with E-state index < -0.39 is 11.9 Å². The minimum atomic E-state index is -0.599. The van der Waals surface area contributed by atoms with Gasteiger partial charge in [0.25, 0.3) is 0 Å². The van der Waals surface area contributed by atoms with Crippen LogP contribution in [-0.2, 0) is 14.3 Å². The smallest absolute Gasteiger partial charge is 0.336 e. The maximum atomic E-state index is 11.5. The Balaban J connectivity index is 2.55. The van der Waals surface area contributed by atoms with Crippen molar-refractivity contribution in [2.24, 2.45) is 0 Å². The highest BCUT2D eigenvalue weighted by molar-refractivity contribution is 5.92. The lowest BCUT2D eigenvalue weighted by molar-refractivity contribution is -0.138. The Morgan fingerprint density at radius 2 is 1.63 bits per heavy atom. The summed E-state index contributed by atoms with van der Waals surface area (Å²) in [7, 11) is 0. The van der Waals surface area contributed by atoms with Gasteiger partial charge in [-0.15, -0.1) is 0 Å². The summed E-state index contributed by atoms with van der Waals surface area (Å²) in [5.74, 6) is -0.674. The number of hydrogen-bond donors (Lipinski definition) is 0. The van der Waals surface area contributed by atoms with Gasteiger partial charge in [0.15, 0.2) is 0 Å². The van der Waals surface area contributed by atoms with Gasteiger partial charge in [-0.3, -0.25) is 0 Å². The number of benzene rings is 1. The Morgan fingerprint density at radius 3 is 2.21 bits per heavy atom. The Kier molecular flexibility index (Phi) is 5.79. The summed E-state index contributed by atoms with van der Waals surface area (Å²) in [5.41, 5.74) is 2.02. The van der Waals surface area contributed by atoms with Crippen LogP contribution in [0.25, 0.3) is 0 Å².